The fourth-order valence-corrected chi connectivity index (χ4v) is 3.60. The minimum atomic E-state index is -0.595. The Morgan fingerprint density at radius 3 is 2.23 bits per heavy atom. The second-order valence-electron chi connectivity index (χ2n) is 5.57. The van der Waals surface area contributed by atoms with Crippen LogP contribution in [0.4, 0.5) is 0 Å². The molecule has 1 N–H and O–H groups in total. The van der Waals surface area contributed by atoms with Gasteiger partial charge in [-0.3, -0.25) is 19.8 Å². The summed E-state index contributed by atoms with van der Waals surface area (Å²) in [6.07, 6.45) is 3.27. The highest BCUT2D eigenvalue weighted by Crippen LogP contribution is 2.37. The highest BCUT2D eigenvalue weighted by atomic mass is 35.5. The highest BCUT2D eigenvalue weighted by Gasteiger charge is 2.49. The molecular weight excluding hydrogens is 327 g/mol. The van der Waals surface area contributed by atoms with Crippen molar-refractivity contribution in [3.05, 3.63) is 33.8 Å². The lowest BCUT2D eigenvalue weighted by molar-refractivity contribution is -0.142. The normalized spacial score (nSPS) is 24.4. The summed E-state index contributed by atoms with van der Waals surface area (Å²) in [4.78, 5) is 36.8. The minimum absolute atomic E-state index is 0.168. The standard InChI is InChI=1S/C15H14Cl2N2O3/c16-8-5-6-11(12(17)7-8)13(20)18-19-14(21)9-3-1-2-4-10(9)15(19)22/h5-7,9-10H,1-4H2,(H,18,20)/t9-,10-/m0/s1. The average Bonchev–Trinajstić information content (AvgIpc) is 2.73. The lowest BCUT2D eigenvalue weighted by atomic mass is 9.81. The van der Waals surface area contributed by atoms with Crippen molar-refractivity contribution in [2.75, 3.05) is 0 Å². The average molecular weight is 341 g/mol. The lowest BCUT2D eigenvalue weighted by Crippen LogP contribution is -2.46. The second-order valence-corrected chi connectivity index (χ2v) is 6.42. The van der Waals surface area contributed by atoms with Crippen LogP contribution in [0.5, 0.6) is 0 Å². The van der Waals surface area contributed by atoms with Gasteiger partial charge in [-0.05, 0) is 31.0 Å². The van der Waals surface area contributed by atoms with Gasteiger partial charge in [0, 0.05) is 5.02 Å². The number of hydrogen-bond donors (Lipinski definition) is 1. The SMILES string of the molecule is O=C(NN1C(=O)[C@H]2CCCC[C@@H]2C1=O)c1ccc(Cl)cc1Cl. The molecule has 0 bridgehead atoms. The summed E-state index contributed by atoms with van der Waals surface area (Å²) in [5.41, 5.74) is 2.55. The molecule has 2 fully saturated rings. The summed E-state index contributed by atoms with van der Waals surface area (Å²) in [5, 5.41) is 1.43. The molecule has 0 spiro atoms. The fraction of sp³-hybridized carbons (Fsp3) is 0.400. The van der Waals surface area contributed by atoms with Crippen LogP contribution < -0.4 is 5.43 Å². The van der Waals surface area contributed by atoms with Crippen LogP contribution in [-0.4, -0.2) is 22.7 Å². The Bertz CT molecular complexity index is 638. The Kier molecular flexibility index (Phi) is 4.10. The number of amides is 3. The monoisotopic (exact) mass is 340 g/mol. The molecular formula is C15H14Cl2N2O3. The van der Waals surface area contributed by atoms with Gasteiger partial charge in [-0.1, -0.05) is 36.0 Å². The van der Waals surface area contributed by atoms with Crippen molar-refractivity contribution >= 4 is 40.9 Å². The first-order chi connectivity index (χ1) is 10.5. The number of carbonyl (C=O) groups excluding carboxylic acids is 3. The fourth-order valence-electron chi connectivity index (χ4n) is 3.11. The smallest absolute Gasteiger partial charge is 0.271 e. The van der Waals surface area contributed by atoms with E-state index in [1.54, 1.807) is 0 Å². The molecule has 5 nitrogen and oxygen atoms in total. The van der Waals surface area contributed by atoms with Crippen molar-refractivity contribution in [1.82, 2.24) is 10.4 Å². The molecule has 1 heterocycles. The molecule has 1 aliphatic heterocycles. The molecule has 2 aliphatic rings. The molecule has 1 aromatic carbocycles. The third kappa shape index (κ3) is 2.59. The number of benzene rings is 1. The van der Waals surface area contributed by atoms with Gasteiger partial charge in [-0.15, -0.1) is 0 Å². The molecule has 1 saturated heterocycles. The molecule has 0 aromatic heterocycles. The Hall–Kier alpha value is -1.59. The Morgan fingerprint density at radius 2 is 1.68 bits per heavy atom. The summed E-state index contributed by atoms with van der Waals surface area (Å²) >= 11 is 11.8. The Labute approximate surface area is 137 Å². The molecule has 1 saturated carbocycles. The van der Waals surface area contributed by atoms with Gasteiger partial charge in [-0.25, -0.2) is 0 Å². The van der Waals surface area contributed by atoms with Crippen LogP contribution in [0.3, 0.4) is 0 Å². The first kappa shape index (κ1) is 15.3. The number of hydrogen-bond acceptors (Lipinski definition) is 3. The number of hydrazine groups is 1. The van der Waals surface area contributed by atoms with E-state index in [0.717, 1.165) is 17.9 Å². The second kappa shape index (κ2) is 5.89. The maximum Gasteiger partial charge on any atom is 0.271 e. The van der Waals surface area contributed by atoms with Crippen molar-refractivity contribution in [1.29, 1.82) is 0 Å². The van der Waals surface area contributed by atoms with Crippen LogP contribution >= 0.6 is 23.2 Å². The van der Waals surface area contributed by atoms with Crippen molar-refractivity contribution in [3.8, 4) is 0 Å². The van der Waals surface area contributed by atoms with E-state index < -0.39 is 5.91 Å². The van der Waals surface area contributed by atoms with Crippen LogP contribution in [0.25, 0.3) is 0 Å². The molecule has 116 valence electrons. The van der Waals surface area contributed by atoms with Gasteiger partial charge in [0.2, 0.25) is 0 Å². The van der Waals surface area contributed by atoms with Crippen LogP contribution in [0.15, 0.2) is 18.2 Å². The number of nitrogens with zero attached hydrogens (tertiary/aromatic N) is 1. The third-order valence-electron chi connectivity index (χ3n) is 4.23. The van der Waals surface area contributed by atoms with Crippen molar-refractivity contribution < 1.29 is 14.4 Å². The first-order valence-electron chi connectivity index (χ1n) is 7.13. The van der Waals surface area contributed by atoms with E-state index in [9.17, 15) is 14.4 Å². The Morgan fingerprint density at radius 1 is 1.09 bits per heavy atom. The molecule has 0 unspecified atom stereocenters. The maximum absolute atomic E-state index is 12.3. The van der Waals surface area contributed by atoms with Crippen molar-refractivity contribution in [3.63, 3.8) is 0 Å². The van der Waals surface area contributed by atoms with E-state index in [1.165, 1.54) is 18.2 Å². The molecule has 1 aliphatic carbocycles. The summed E-state index contributed by atoms with van der Waals surface area (Å²) < 4.78 is 0. The van der Waals surface area contributed by atoms with Gasteiger partial charge in [0.1, 0.15) is 0 Å². The summed E-state index contributed by atoms with van der Waals surface area (Å²) in [7, 11) is 0. The number of halogens is 2. The topological polar surface area (TPSA) is 66.5 Å². The molecule has 1 aromatic rings. The summed E-state index contributed by atoms with van der Waals surface area (Å²) in [5.74, 6) is -1.85. The number of imide groups is 1. The van der Waals surface area contributed by atoms with Crippen LogP contribution in [-0.2, 0) is 9.59 Å². The number of nitrogens with one attached hydrogen (secondary N) is 1. The lowest BCUT2D eigenvalue weighted by Gasteiger charge is -2.19. The zero-order valence-corrected chi connectivity index (χ0v) is 13.2. The molecule has 3 rings (SSSR count). The third-order valence-corrected chi connectivity index (χ3v) is 4.78. The van der Waals surface area contributed by atoms with Gasteiger partial charge >= 0.3 is 0 Å². The van der Waals surface area contributed by atoms with Gasteiger partial charge in [0.25, 0.3) is 17.7 Å². The maximum atomic E-state index is 12.3. The van der Waals surface area contributed by atoms with Crippen LogP contribution in [0.1, 0.15) is 36.0 Å². The zero-order valence-electron chi connectivity index (χ0n) is 11.6. The van der Waals surface area contributed by atoms with Gasteiger partial charge in [0.15, 0.2) is 0 Å². The van der Waals surface area contributed by atoms with Crippen LogP contribution in [0, 0.1) is 11.8 Å². The van der Waals surface area contributed by atoms with Crippen LogP contribution in [0.2, 0.25) is 10.0 Å². The number of rotatable bonds is 2. The van der Waals surface area contributed by atoms with Crippen molar-refractivity contribution in [2.45, 2.75) is 25.7 Å². The van der Waals surface area contributed by atoms with E-state index in [4.69, 9.17) is 23.2 Å². The Balaban J connectivity index is 1.79. The van der Waals surface area contributed by atoms with E-state index in [1.807, 2.05) is 0 Å². The molecule has 3 amide bonds. The van der Waals surface area contributed by atoms with E-state index in [-0.39, 0.29) is 34.2 Å². The van der Waals surface area contributed by atoms with Crippen molar-refractivity contribution in [2.24, 2.45) is 11.8 Å². The van der Waals surface area contributed by atoms with Gasteiger partial charge in [-0.2, -0.15) is 5.01 Å². The van der Waals surface area contributed by atoms with E-state index >= 15 is 0 Å². The molecule has 0 radical (unpaired) electrons. The van der Waals surface area contributed by atoms with Gasteiger partial charge in [0.05, 0.1) is 22.4 Å². The molecule has 2 atom stereocenters. The summed E-state index contributed by atoms with van der Waals surface area (Å²) in [6.45, 7) is 0. The predicted octanol–water partition coefficient (Wildman–Crippen LogP) is 2.81. The molecule has 7 heteroatoms. The minimum Gasteiger partial charge on any atom is -0.272 e. The molecule has 22 heavy (non-hydrogen) atoms. The summed E-state index contributed by atoms with van der Waals surface area (Å²) in [6, 6.07) is 4.42. The quantitative estimate of drug-likeness (QED) is 0.841. The highest BCUT2D eigenvalue weighted by molar-refractivity contribution is 6.36. The predicted molar refractivity (Wildman–Crippen MR) is 81.2 cm³/mol. The van der Waals surface area contributed by atoms with E-state index in [2.05, 4.69) is 5.43 Å². The zero-order chi connectivity index (χ0) is 15.9. The number of fused-ring (bicyclic) bond motifs is 1. The van der Waals surface area contributed by atoms with E-state index in [0.29, 0.717) is 17.9 Å². The number of carbonyl (C=O) groups is 3. The largest absolute Gasteiger partial charge is 0.272 e. The first-order valence-corrected chi connectivity index (χ1v) is 7.88. The van der Waals surface area contributed by atoms with Gasteiger partial charge < -0.3 is 0 Å².